The molecule has 1 saturated heterocycles. The van der Waals surface area contributed by atoms with Crippen LogP contribution in [-0.2, 0) is 11.3 Å². The number of amides is 1. The smallest absolute Gasteiger partial charge is 0.241 e. The predicted molar refractivity (Wildman–Crippen MR) is 97.2 cm³/mol. The van der Waals surface area contributed by atoms with Crippen LogP contribution in [-0.4, -0.2) is 58.6 Å². The second-order valence-electron chi connectivity index (χ2n) is 6.07. The summed E-state index contributed by atoms with van der Waals surface area (Å²) in [6.45, 7) is 6.11. The molecular formula is C17H24ClN5O2. The number of nitrogens with zero attached hydrogens (tertiary/aromatic N) is 4. The molecule has 0 spiro atoms. The Hall–Kier alpha value is -1.96. The quantitative estimate of drug-likeness (QED) is 0.862. The standard InChI is InChI=1S/C17H23N5O2.ClH/c1-13-2-4-14(5-3-13)17-19-15(24-20-17)12-21-8-10-22(11-9-21)16(23)6-7-18;/h2-5H,6-12,18H2,1H3;1H. The Kier molecular flexibility index (Phi) is 6.92. The monoisotopic (exact) mass is 365 g/mol. The molecule has 7 nitrogen and oxygen atoms in total. The van der Waals surface area contributed by atoms with Crippen LogP contribution in [0.1, 0.15) is 17.9 Å². The molecule has 0 bridgehead atoms. The van der Waals surface area contributed by atoms with Gasteiger partial charge in [0.25, 0.3) is 0 Å². The van der Waals surface area contributed by atoms with Crippen molar-refractivity contribution in [2.24, 2.45) is 5.73 Å². The number of rotatable bonds is 5. The minimum atomic E-state index is 0. The Labute approximate surface area is 153 Å². The highest BCUT2D eigenvalue weighted by Gasteiger charge is 2.22. The maximum absolute atomic E-state index is 11.8. The van der Waals surface area contributed by atoms with Crippen molar-refractivity contribution >= 4 is 18.3 Å². The SMILES string of the molecule is Cc1ccc(-c2noc(CN3CCN(C(=O)CCN)CC3)n2)cc1.Cl. The van der Waals surface area contributed by atoms with Gasteiger partial charge >= 0.3 is 0 Å². The first kappa shape index (κ1) is 19.4. The van der Waals surface area contributed by atoms with E-state index in [9.17, 15) is 4.79 Å². The van der Waals surface area contributed by atoms with Crippen molar-refractivity contribution in [3.05, 3.63) is 35.7 Å². The van der Waals surface area contributed by atoms with Crippen molar-refractivity contribution in [1.29, 1.82) is 0 Å². The van der Waals surface area contributed by atoms with Gasteiger partial charge < -0.3 is 15.2 Å². The average Bonchev–Trinajstić information content (AvgIpc) is 3.05. The summed E-state index contributed by atoms with van der Waals surface area (Å²) in [5.74, 6) is 1.35. The summed E-state index contributed by atoms with van der Waals surface area (Å²) in [6.07, 6.45) is 0.420. The molecule has 25 heavy (non-hydrogen) atoms. The van der Waals surface area contributed by atoms with E-state index in [1.165, 1.54) is 5.56 Å². The number of aryl methyl sites for hydroxylation is 1. The number of piperazine rings is 1. The second kappa shape index (κ2) is 8.94. The van der Waals surface area contributed by atoms with Crippen LogP contribution in [0.3, 0.4) is 0 Å². The highest BCUT2D eigenvalue weighted by Crippen LogP contribution is 2.17. The topological polar surface area (TPSA) is 88.5 Å². The summed E-state index contributed by atoms with van der Waals surface area (Å²) in [7, 11) is 0. The second-order valence-corrected chi connectivity index (χ2v) is 6.07. The van der Waals surface area contributed by atoms with Gasteiger partial charge in [-0.05, 0) is 6.92 Å². The van der Waals surface area contributed by atoms with Crippen LogP contribution in [0.25, 0.3) is 11.4 Å². The molecule has 1 aliphatic heterocycles. The van der Waals surface area contributed by atoms with E-state index in [-0.39, 0.29) is 18.3 Å². The average molecular weight is 366 g/mol. The number of benzene rings is 1. The van der Waals surface area contributed by atoms with Crippen molar-refractivity contribution < 1.29 is 9.32 Å². The van der Waals surface area contributed by atoms with Gasteiger partial charge in [0.15, 0.2) is 0 Å². The molecule has 8 heteroatoms. The zero-order valence-corrected chi connectivity index (χ0v) is 15.2. The molecule has 0 unspecified atom stereocenters. The van der Waals surface area contributed by atoms with Gasteiger partial charge in [-0.2, -0.15) is 4.98 Å². The first-order valence-corrected chi connectivity index (χ1v) is 8.25. The van der Waals surface area contributed by atoms with Crippen LogP contribution in [0.5, 0.6) is 0 Å². The molecule has 2 heterocycles. The number of nitrogens with two attached hydrogens (primary N) is 1. The number of hydrogen-bond acceptors (Lipinski definition) is 6. The maximum atomic E-state index is 11.8. The molecule has 1 aromatic carbocycles. The lowest BCUT2D eigenvalue weighted by Gasteiger charge is -2.33. The maximum Gasteiger partial charge on any atom is 0.241 e. The molecule has 1 amide bonds. The van der Waals surface area contributed by atoms with Crippen LogP contribution in [0, 0.1) is 6.92 Å². The van der Waals surface area contributed by atoms with Crippen molar-refractivity contribution in [2.75, 3.05) is 32.7 Å². The van der Waals surface area contributed by atoms with E-state index in [2.05, 4.69) is 15.0 Å². The predicted octanol–water partition coefficient (Wildman–Crippen LogP) is 1.46. The molecule has 2 aromatic rings. The summed E-state index contributed by atoms with van der Waals surface area (Å²) < 4.78 is 5.37. The minimum Gasteiger partial charge on any atom is -0.340 e. The van der Waals surface area contributed by atoms with Crippen molar-refractivity contribution in [1.82, 2.24) is 19.9 Å². The van der Waals surface area contributed by atoms with Crippen LogP contribution >= 0.6 is 12.4 Å². The first-order valence-electron chi connectivity index (χ1n) is 8.25. The van der Waals surface area contributed by atoms with Gasteiger partial charge in [0.2, 0.25) is 17.6 Å². The molecule has 136 valence electrons. The van der Waals surface area contributed by atoms with Crippen LogP contribution in [0.4, 0.5) is 0 Å². The molecule has 0 radical (unpaired) electrons. The fourth-order valence-electron chi connectivity index (χ4n) is 2.77. The minimum absolute atomic E-state index is 0. The van der Waals surface area contributed by atoms with Crippen LogP contribution in [0.15, 0.2) is 28.8 Å². The van der Waals surface area contributed by atoms with E-state index in [4.69, 9.17) is 10.3 Å². The van der Waals surface area contributed by atoms with E-state index in [1.54, 1.807) is 0 Å². The third kappa shape index (κ3) is 5.01. The van der Waals surface area contributed by atoms with Gasteiger partial charge in [-0.1, -0.05) is 35.0 Å². The van der Waals surface area contributed by atoms with Gasteiger partial charge in [0.05, 0.1) is 6.54 Å². The summed E-state index contributed by atoms with van der Waals surface area (Å²) >= 11 is 0. The first-order chi connectivity index (χ1) is 11.7. The highest BCUT2D eigenvalue weighted by molar-refractivity contribution is 5.85. The van der Waals surface area contributed by atoms with E-state index in [1.807, 2.05) is 36.1 Å². The highest BCUT2D eigenvalue weighted by atomic mass is 35.5. The molecule has 0 atom stereocenters. The third-order valence-electron chi connectivity index (χ3n) is 4.22. The van der Waals surface area contributed by atoms with Gasteiger partial charge in [0.1, 0.15) is 0 Å². The Bertz CT molecular complexity index is 681. The fraction of sp³-hybridized carbons (Fsp3) is 0.471. The number of aromatic nitrogens is 2. The van der Waals surface area contributed by atoms with Gasteiger partial charge in [0, 0.05) is 44.7 Å². The largest absolute Gasteiger partial charge is 0.340 e. The zero-order valence-electron chi connectivity index (χ0n) is 14.4. The van der Waals surface area contributed by atoms with Crippen molar-refractivity contribution in [3.63, 3.8) is 0 Å². The molecular weight excluding hydrogens is 342 g/mol. The Morgan fingerprint density at radius 1 is 1.20 bits per heavy atom. The molecule has 2 N–H and O–H groups in total. The van der Waals surface area contributed by atoms with Crippen molar-refractivity contribution in [3.8, 4) is 11.4 Å². The third-order valence-corrected chi connectivity index (χ3v) is 4.22. The zero-order chi connectivity index (χ0) is 16.9. The lowest BCUT2D eigenvalue weighted by Crippen LogP contribution is -2.48. The number of halogens is 1. The number of hydrogen-bond donors (Lipinski definition) is 1. The Morgan fingerprint density at radius 3 is 2.52 bits per heavy atom. The van der Waals surface area contributed by atoms with Crippen molar-refractivity contribution in [2.45, 2.75) is 19.9 Å². The molecule has 0 saturated carbocycles. The van der Waals surface area contributed by atoms with Gasteiger partial charge in [-0.15, -0.1) is 12.4 Å². The van der Waals surface area contributed by atoms with Gasteiger partial charge in [-0.25, -0.2) is 0 Å². The lowest BCUT2D eigenvalue weighted by atomic mass is 10.1. The van der Waals surface area contributed by atoms with Gasteiger partial charge in [-0.3, -0.25) is 9.69 Å². The van der Waals surface area contributed by atoms with Crippen LogP contribution in [0.2, 0.25) is 0 Å². The van der Waals surface area contributed by atoms with E-state index >= 15 is 0 Å². The Balaban J connectivity index is 0.00000225. The molecule has 0 aliphatic carbocycles. The van der Waals surface area contributed by atoms with E-state index in [0.29, 0.717) is 31.2 Å². The lowest BCUT2D eigenvalue weighted by molar-refractivity contribution is -0.132. The molecule has 1 aliphatic rings. The van der Waals surface area contributed by atoms with Crippen LogP contribution < -0.4 is 5.73 Å². The normalized spacial score (nSPS) is 15.0. The van der Waals surface area contributed by atoms with E-state index < -0.39 is 0 Å². The summed E-state index contributed by atoms with van der Waals surface area (Å²) in [5, 5.41) is 4.06. The summed E-state index contributed by atoms with van der Waals surface area (Å²) in [5.41, 5.74) is 7.59. The van der Waals surface area contributed by atoms with E-state index in [0.717, 1.165) is 31.7 Å². The molecule has 1 aromatic heterocycles. The summed E-state index contributed by atoms with van der Waals surface area (Å²) in [6, 6.07) is 8.05. The molecule has 3 rings (SSSR count). The number of carbonyl (C=O) groups excluding carboxylic acids is 1. The fourth-order valence-corrected chi connectivity index (χ4v) is 2.77. The summed E-state index contributed by atoms with van der Waals surface area (Å²) in [4.78, 5) is 20.4. The Morgan fingerprint density at radius 2 is 1.88 bits per heavy atom. The molecule has 1 fully saturated rings. The number of carbonyl (C=O) groups is 1.